The van der Waals surface area contributed by atoms with Crippen LogP contribution in [-0.2, 0) is 4.74 Å². The molecule has 2 atom stereocenters. The van der Waals surface area contributed by atoms with Gasteiger partial charge in [0.2, 0.25) is 0 Å². The number of carbonyl (C=O) groups is 1. The van der Waals surface area contributed by atoms with Crippen LogP contribution in [0.5, 0.6) is 0 Å². The summed E-state index contributed by atoms with van der Waals surface area (Å²) in [4.78, 5) is 12.0. The standard InChI is InChI=1S/C18H33NO3/c1-5-16(20)12-11-15(13-14-9-7-6-8-10-14)19-17(21)22-18(2,3)4/h11-12,14-16,20H,5-10,13H2,1-4H3,(H,19,21)/b12-11+/t15-,16?/m1/s1. The van der Waals surface area contributed by atoms with Gasteiger partial charge in [0.05, 0.1) is 12.1 Å². The van der Waals surface area contributed by atoms with Crippen molar-refractivity contribution in [1.29, 1.82) is 0 Å². The zero-order valence-corrected chi connectivity index (χ0v) is 14.6. The van der Waals surface area contributed by atoms with E-state index >= 15 is 0 Å². The lowest BCUT2D eigenvalue weighted by Crippen LogP contribution is -2.39. The maximum atomic E-state index is 12.0. The van der Waals surface area contributed by atoms with E-state index in [1.54, 1.807) is 6.08 Å². The highest BCUT2D eigenvalue weighted by Gasteiger charge is 2.22. The molecular weight excluding hydrogens is 278 g/mol. The molecule has 1 unspecified atom stereocenters. The summed E-state index contributed by atoms with van der Waals surface area (Å²) in [5.41, 5.74) is -0.494. The largest absolute Gasteiger partial charge is 0.444 e. The van der Waals surface area contributed by atoms with E-state index < -0.39 is 11.7 Å². The molecule has 0 aliphatic heterocycles. The molecule has 0 spiro atoms. The third kappa shape index (κ3) is 8.42. The summed E-state index contributed by atoms with van der Waals surface area (Å²) < 4.78 is 5.34. The van der Waals surface area contributed by atoms with Gasteiger partial charge in [0.15, 0.2) is 0 Å². The van der Waals surface area contributed by atoms with E-state index in [-0.39, 0.29) is 12.1 Å². The molecule has 4 heteroatoms. The van der Waals surface area contributed by atoms with Crippen LogP contribution in [0, 0.1) is 5.92 Å². The molecule has 22 heavy (non-hydrogen) atoms. The third-order valence-electron chi connectivity index (χ3n) is 4.00. The average molecular weight is 311 g/mol. The summed E-state index contributed by atoms with van der Waals surface area (Å²) >= 11 is 0. The molecule has 1 amide bonds. The van der Waals surface area contributed by atoms with Crippen molar-refractivity contribution < 1.29 is 14.6 Å². The Kier molecular flexibility index (Phi) is 7.94. The minimum atomic E-state index is -0.494. The molecule has 0 aromatic carbocycles. The predicted molar refractivity (Wildman–Crippen MR) is 89.8 cm³/mol. The van der Waals surface area contributed by atoms with Crippen molar-refractivity contribution in [2.45, 2.75) is 90.4 Å². The molecule has 0 saturated heterocycles. The van der Waals surface area contributed by atoms with Crippen molar-refractivity contribution in [3.05, 3.63) is 12.2 Å². The lowest BCUT2D eigenvalue weighted by atomic mass is 9.84. The van der Waals surface area contributed by atoms with Gasteiger partial charge in [-0.1, -0.05) is 51.2 Å². The number of rotatable bonds is 6. The smallest absolute Gasteiger partial charge is 0.408 e. The molecule has 1 aliphatic rings. The van der Waals surface area contributed by atoms with Crippen LogP contribution < -0.4 is 5.32 Å². The van der Waals surface area contributed by atoms with Gasteiger partial charge in [-0.3, -0.25) is 0 Å². The Labute approximate surface area is 135 Å². The Morgan fingerprint density at radius 3 is 2.45 bits per heavy atom. The van der Waals surface area contributed by atoms with E-state index in [9.17, 15) is 9.90 Å². The molecule has 0 radical (unpaired) electrons. The van der Waals surface area contributed by atoms with E-state index in [4.69, 9.17) is 4.74 Å². The Morgan fingerprint density at radius 1 is 1.27 bits per heavy atom. The maximum Gasteiger partial charge on any atom is 0.408 e. The van der Waals surface area contributed by atoms with Crippen LogP contribution in [0.3, 0.4) is 0 Å². The van der Waals surface area contributed by atoms with Crippen LogP contribution in [0.4, 0.5) is 4.79 Å². The number of alkyl carbamates (subject to hydrolysis) is 1. The molecule has 0 heterocycles. The summed E-state index contributed by atoms with van der Waals surface area (Å²) in [6.07, 6.45) is 10.8. The zero-order valence-electron chi connectivity index (χ0n) is 14.6. The zero-order chi connectivity index (χ0) is 16.6. The van der Waals surface area contributed by atoms with Gasteiger partial charge in [-0.05, 0) is 39.5 Å². The Bertz CT molecular complexity index is 354. The van der Waals surface area contributed by atoms with E-state index in [1.165, 1.54) is 32.1 Å². The van der Waals surface area contributed by atoms with Gasteiger partial charge in [-0.15, -0.1) is 0 Å². The average Bonchev–Trinajstić information content (AvgIpc) is 2.43. The second-order valence-electron chi connectivity index (χ2n) is 7.35. The molecule has 1 fully saturated rings. The van der Waals surface area contributed by atoms with Crippen molar-refractivity contribution in [3.8, 4) is 0 Å². The number of nitrogens with one attached hydrogen (secondary N) is 1. The predicted octanol–water partition coefficient (Wildman–Crippen LogP) is 4.18. The number of ether oxygens (including phenoxy) is 1. The third-order valence-corrected chi connectivity index (χ3v) is 4.00. The van der Waals surface area contributed by atoms with Gasteiger partial charge in [-0.25, -0.2) is 4.79 Å². The molecule has 1 rings (SSSR count). The molecule has 4 nitrogen and oxygen atoms in total. The highest BCUT2D eigenvalue weighted by molar-refractivity contribution is 5.68. The Hall–Kier alpha value is -1.03. The van der Waals surface area contributed by atoms with Crippen LogP contribution in [-0.4, -0.2) is 28.9 Å². The second-order valence-corrected chi connectivity index (χ2v) is 7.35. The molecule has 0 aromatic rings. The summed E-state index contributed by atoms with van der Waals surface area (Å²) in [6, 6.07) is -0.0702. The SMILES string of the molecule is CCC(O)/C=C/[C@H](CC1CCCCC1)NC(=O)OC(C)(C)C. The summed E-state index contributed by atoms with van der Waals surface area (Å²) in [5, 5.41) is 12.6. The lowest BCUT2D eigenvalue weighted by Gasteiger charge is -2.27. The molecule has 1 aliphatic carbocycles. The molecule has 2 N–H and O–H groups in total. The normalized spacial score (nSPS) is 19.9. The topological polar surface area (TPSA) is 58.6 Å². The van der Waals surface area contributed by atoms with Crippen molar-refractivity contribution in [1.82, 2.24) is 5.32 Å². The van der Waals surface area contributed by atoms with Gasteiger partial charge in [0.25, 0.3) is 0 Å². The minimum Gasteiger partial charge on any atom is -0.444 e. The van der Waals surface area contributed by atoms with Gasteiger partial charge in [0, 0.05) is 0 Å². The number of carbonyl (C=O) groups excluding carboxylic acids is 1. The number of aliphatic hydroxyl groups is 1. The van der Waals surface area contributed by atoms with E-state index in [0.29, 0.717) is 12.3 Å². The quantitative estimate of drug-likeness (QED) is 0.724. The molecular formula is C18H33NO3. The fourth-order valence-corrected chi connectivity index (χ4v) is 2.82. The number of aliphatic hydroxyl groups excluding tert-OH is 1. The van der Waals surface area contributed by atoms with Crippen molar-refractivity contribution in [3.63, 3.8) is 0 Å². The second kappa shape index (κ2) is 9.19. The van der Waals surface area contributed by atoms with E-state index in [0.717, 1.165) is 6.42 Å². The van der Waals surface area contributed by atoms with Crippen LogP contribution in [0.2, 0.25) is 0 Å². The van der Waals surface area contributed by atoms with Crippen molar-refractivity contribution >= 4 is 6.09 Å². The van der Waals surface area contributed by atoms with Gasteiger partial charge >= 0.3 is 6.09 Å². The monoisotopic (exact) mass is 311 g/mol. The van der Waals surface area contributed by atoms with Crippen molar-refractivity contribution in [2.24, 2.45) is 5.92 Å². The first kappa shape index (κ1) is 19.0. The first-order valence-corrected chi connectivity index (χ1v) is 8.66. The Morgan fingerprint density at radius 2 is 1.91 bits per heavy atom. The highest BCUT2D eigenvalue weighted by atomic mass is 16.6. The van der Waals surface area contributed by atoms with Gasteiger partial charge in [0.1, 0.15) is 5.60 Å². The van der Waals surface area contributed by atoms with Crippen LogP contribution in [0.25, 0.3) is 0 Å². The van der Waals surface area contributed by atoms with Gasteiger partial charge < -0.3 is 15.2 Å². The van der Waals surface area contributed by atoms with Crippen molar-refractivity contribution in [2.75, 3.05) is 0 Å². The Balaban J connectivity index is 2.60. The first-order chi connectivity index (χ1) is 10.3. The molecule has 128 valence electrons. The fraction of sp³-hybridized carbons (Fsp3) is 0.833. The van der Waals surface area contributed by atoms with Crippen LogP contribution in [0.15, 0.2) is 12.2 Å². The summed E-state index contributed by atoms with van der Waals surface area (Å²) in [6.45, 7) is 7.52. The summed E-state index contributed by atoms with van der Waals surface area (Å²) in [5.74, 6) is 0.650. The molecule has 0 aromatic heterocycles. The minimum absolute atomic E-state index is 0.0702. The van der Waals surface area contributed by atoms with Crippen LogP contribution >= 0.6 is 0 Å². The van der Waals surface area contributed by atoms with E-state index in [1.807, 2.05) is 33.8 Å². The first-order valence-electron chi connectivity index (χ1n) is 8.66. The maximum absolute atomic E-state index is 12.0. The lowest BCUT2D eigenvalue weighted by molar-refractivity contribution is 0.0507. The summed E-state index contributed by atoms with van der Waals surface area (Å²) in [7, 11) is 0. The fourth-order valence-electron chi connectivity index (χ4n) is 2.82. The molecule has 1 saturated carbocycles. The van der Waals surface area contributed by atoms with E-state index in [2.05, 4.69) is 5.32 Å². The van der Waals surface area contributed by atoms with Gasteiger partial charge in [-0.2, -0.15) is 0 Å². The van der Waals surface area contributed by atoms with Crippen LogP contribution in [0.1, 0.15) is 72.6 Å². The number of amides is 1. The number of hydrogen-bond acceptors (Lipinski definition) is 3. The molecule has 0 bridgehead atoms. The highest BCUT2D eigenvalue weighted by Crippen LogP contribution is 2.27. The number of hydrogen-bond donors (Lipinski definition) is 2.